The zero-order valence-corrected chi connectivity index (χ0v) is 7.41. The molecule has 1 nitrogen and oxygen atoms in total. The summed E-state index contributed by atoms with van der Waals surface area (Å²) in [5.41, 5.74) is -2.58. The van der Waals surface area contributed by atoms with Crippen molar-refractivity contribution in [2.24, 2.45) is 0 Å². The van der Waals surface area contributed by atoms with Crippen molar-refractivity contribution < 1.29 is 17.9 Å². The largest absolute Gasteiger partial charge is 0.494 e. The van der Waals surface area contributed by atoms with Gasteiger partial charge >= 0.3 is 0 Å². The summed E-state index contributed by atoms with van der Waals surface area (Å²) in [5, 5.41) is 0. The smallest absolute Gasteiger partial charge is 0.201 e. The molecule has 5 heteroatoms. The molecule has 1 unspecified atom stereocenters. The highest BCUT2D eigenvalue weighted by atomic mass is 35.5. The SMILES string of the molecule is COc1ccc(C(F)Cl)c(F)c1F. The Balaban J connectivity index is 3.23. The van der Waals surface area contributed by atoms with Crippen molar-refractivity contribution >= 4 is 11.6 Å². The number of rotatable bonds is 2. The second-order valence-electron chi connectivity index (χ2n) is 2.29. The van der Waals surface area contributed by atoms with Gasteiger partial charge in [-0.3, -0.25) is 0 Å². The minimum atomic E-state index is -2.06. The Kier molecular flexibility index (Phi) is 3.03. The maximum Gasteiger partial charge on any atom is 0.201 e. The lowest BCUT2D eigenvalue weighted by Crippen LogP contribution is -1.97. The Hall–Kier alpha value is -0.900. The van der Waals surface area contributed by atoms with E-state index in [2.05, 4.69) is 4.74 Å². The maximum atomic E-state index is 12.9. The van der Waals surface area contributed by atoms with Crippen LogP contribution in [0.15, 0.2) is 12.1 Å². The Labute approximate surface area is 78.1 Å². The van der Waals surface area contributed by atoms with E-state index in [-0.39, 0.29) is 5.75 Å². The number of alkyl halides is 2. The molecule has 1 atom stereocenters. The molecular formula is C8H6ClF3O. The third-order valence-electron chi connectivity index (χ3n) is 1.53. The van der Waals surface area contributed by atoms with Gasteiger partial charge in [-0.2, -0.15) is 4.39 Å². The zero-order valence-electron chi connectivity index (χ0n) is 6.65. The Morgan fingerprint density at radius 3 is 2.38 bits per heavy atom. The summed E-state index contributed by atoms with van der Waals surface area (Å²) in [6.45, 7) is 0. The quantitative estimate of drug-likeness (QED) is 0.682. The number of hydrogen-bond donors (Lipinski definition) is 0. The lowest BCUT2D eigenvalue weighted by Gasteiger charge is -2.06. The van der Waals surface area contributed by atoms with Crippen LogP contribution >= 0.6 is 11.6 Å². The maximum absolute atomic E-state index is 12.9. The molecule has 0 radical (unpaired) electrons. The predicted octanol–water partition coefficient (Wildman–Crippen LogP) is 3.18. The van der Waals surface area contributed by atoms with Crippen LogP contribution < -0.4 is 4.74 Å². The van der Waals surface area contributed by atoms with Crippen molar-refractivity contribution in [2.75, 3.05) is 7.11 Å². The molecule has 0 aliphatic carbocycles. The van der Waals surface area contributed by atoms with Crippen LogP contribution in [0.1, 0.15) is 11.2 Å². The molecule has 72 valence electrons. The fourth-order valence-corrected chi connectivity index (χ4v) is 1.04. The van der Waals surface area contributed by atoms with Gasteiger partial charge in [0.1, 0.15) is 0 Å². The Bertz CT molecular complexity index is 315. The van der Waals surface area contributed by atoms with E-state index in [1.807, 2.05) is 0 Å². The zero-order chi connectivity index (χ0) is 10.0. The molecule has 13 heavy (non-hydrogen) atoms. The second-order valence-corrected chi connectivity index (χ2v) is 2.67. The van der Waals surface area contributed by atoms with E-state index in [1.165, 1.54) is 7.11 Å². The third-order valence-corrected chi connectivity index (χ3v) is 1.77. The summed E-state index contributed by atoms with van der Waals surface area (Å²) in [6, 6.07) is 2.15. The standard InChI is InChI=1S/C8H6ClF3O/c1-13-5-3-2-4(8(9)12)6(10)7(5)11/h2-3,8H,1H3. The molecule has 0 saturated heterocycles. The first-order valence-corrected chi connectivity index (χ1v) is 3.81. The van der Waals surface area contributed by atoms with Crippen molar-refractivity contribution in [3.8, 4) is 5.75 Å². The van der Waals surface area contributed by atoms with Crippen molar-refractivity contribution in [3.05, 3.63) is 29.3 Å². The lowest BCUT2D eigenvalue weighted by molar-refractivity contribution is 0.363. The summed E-state index contributed by atoms with van der Waals surface area (Å²) in [5.74, 6) is -2.83. The van der Waals surface area contributed by atoms with Gasteiger partial charge in [0.15, 0.2) is 11.6 Å². The Morgan fingerprint density at radius 2 is 1.92 bits per heavy atom. The molecule has 0 heterocycles. The van der Waals surface area contributed by atoms with Gasteiger partial charge in [-0.05, 0) is 12.1 Å². The van der Waals surface area contributed by atoms with Crippen molar-refractivity contribution in [2.45, 2.75) is 5.63 Å². The van der Waals surface area contributed by atoms with Gasteiger partial charge in [0.05, 0.1) is 7.11 Å². The van der Waals surface area contributed by atoms with E-state index in [0.717, 1.165) is 12.1 Å². The second kappa shape index (κ2) is 3.87. The van der Waals surface area contributed by atoms with Gasteiger partial charge in [-0.25, -0.2) is 8.78 Å². The molecule has 0 N–H and O–H groups in total. The molecule has 1 aromatic rings. The van der Waals surface area contributed by atoms with Crippen LogP contribution in [0.25, 0.3) is 0 Å². The van der Waals surface area contributed by atoms with E-state index < -0.39 is 22.8 Å². The summed E-state index contributed by atoms with van der Waals surface area (Å²) in [4.78, 5) is 0. The Morgan fingerprint density at radius 1 is 1.31 bits per heavy atom. The third kappa shape index (κ3) is 1.88. The molecule has 1 aromatic carbocycles. The number of halogens is 4. The number of benzene rings is 1. The number of ether oxygens (including phenoxy) is 1. The first-order valence-electron chi connectivity index (χ1n) is 3.38. The summed E-state index contributed by atoms with van der Waals surface area (Å²) in [6.07, 6.45) is 0. The van der Waals surface area contributed by atoms with Crippen LogP contribution in [0, 0.1) is 11.6 Å². The normalized spacial score (nSPS) is 12.7. The van der Waals surface area contributed by atoms with Gasteiger partial charge in [0, 0.05) is 5.56 Å². The van der Waals surface area contributed by atoms with Crippen molar-refractivity contribution in [3.63, 3.8) is 0 Å². The highest BCUT2D eigenvalue weighted by molar-refractivity contribution is 6.19. The van der Waals surface area contributed by atoms with E-state index in [4.69, 9.17) is 11.6 Å². The fraction of sp³-hybridized carbons (Fsp3) is 0.250. The molecule has 0 amide bonds. The highest BCUT2D eigenvalue weighted by Crippen LogP contribution is 2.29. The topological polar surface area (TPSA) is 9.23 Å². The molecule has 0 spiro atoms. The monoisotopic (exact) mass is 210 g/mol. The summed E-state index contributed by atoms with van der Waals surface area (Å²) in [7, 11) is 1.19. The van der Waals surface area contributed by atoms with Gasteiger partial charge < -0.3 is 4.74 Å². The van der Waals surface area contributed by atoms with Crippen LogP contribution in [0.3, 0.4) is 0 Å². The number of hydrogen-bond acceptors (Lipinski definition) is 1. The first kappa shape index (κ1) is 10.2. The van der Waals surface area contributed by atoms with E-state index in [9.17, 15) is 13.2 Å². The van der Waals surface area contributed by atoms with Crippen LogP contribution in [0.5, 0.6) is 5.75 Å². The van der Waals surface area contributed by atoms with Crippen LogP contribution in [0.4, 0.5) is 13.2 Å². The average molecular weight is 211 g/mol. The highest BCUT2D eigenvalue weighted by Gasteiger charge is 2.18. The minimum absolute atomic E-state index is 0.279. The molecular weight excluding hydrogens is 205 g/mol. The van der Waals surface area contributed by atoms with E-state index >= 15 is 0 Å². The van der Waals surface area contributed by atoms with E-state index in [1.54, 1.807) is 0 Å². The number of methoxy groups -OCH3 is 1. The van der Waals surface area contributed by atoms with Crippen LogP contribution in [0.2, 0.25) is 0 Å². The van der Waals surface area contributed by atoms with Gasteiger partial charge in [0.2, 0.25) is 11.4 Å². The molecule has 0 fully saturated rings. The van der Waals surface area contributed by atoms with Gasteiger partial charge in [0.25, 0.3) is 0 Å². The summed E-state index contributed by atoms with van der Waals surface area (Å²) >= 11 is 4.96. The fourth-order valence-electron chi connectivity index (χ4n) is 0.873. The molecule has 0 saturated carbocycles. The van der Waals surface area contributed by atoms with E-state index in [0.29, 0.717) is 0 Å². The van der Waals surface area contributed by atoms with Gasteiger partial charge in [-0.1, -0.05) is 11.6 Å². The van der Waals surface area contributed by atoms with Crippen molar-refractivity contribution in [1.29, 1.82) is 0 Å². The molecule has 0 aromatic heterocycles. The van der Waals surface area contributed by atoms with Crippen molar-refractivity contribution in [1.82, 2.24) is 0 Å². The first-order chi connectivity index (χ1) is 6.07. The molecule has 0 aliphatic rings. The minimum Gasteiger partial charge on any atom is -0.494 e. The van der Waals surface area contributed by atoms with Crippen LogP contribution in [-0.4, -0.2) is 7.11 Å². The average Bonchev–Trinajstić information content (AvgIpc) is 2.09. The molecule has 1 rings (SSSR count). The molecule has 0 bridgehead atoms. The molecule has 0 aliphatic heterocycles. The predicted molar refractivity (Wildman–Crippen MR) is 42.6 cm³/mol. The van der Waals surface area contributed by atoms with Crippen LogP contribution in [-0.2, 0) is 0 Å². The lowest BCUT2D eigenvalue weighted by atomic mass is 10.2. The van der Waals surface area contributed by atoms with Gasteiger partial charge in [-0.15, -0.1) is 0 Å². The summed E-state index contributed by atoms with van der Waals surface area (Å²) < 4.78 is 42.7.